The molecule has 0 saturated carbocycles. The highest BCUT2D eigenvalue weighted by molar-refractivity contribution is 6.22. The second-order valence-electron chi connectivity index (χ2n) is 3.17. The van der Waals surface area contributed by atoms with E-state index in [2.05, 4.69) is 15.2 Å². The van der Waals surface area contributed by atoms with E-state index in [1.165, 1.54) is 0 Å². The number of carbonyl (C=O) groups excluding carboxylic acids is 1. The van der Waals surface area contributed by atoms with Crippen molar-refractivity contribution in [1.29, 1.82) is 0 Å². The van der Waals surface area contributed by atoms with Crippen LogP contribution in [0.5, 0.6) is 0 Å². The molecule has 0 atom stereocenters. The van der Waals surface area contributed by atoms with Gasteiger partial charge in [0.05, 0.1) is 11.3 Å². The normalized spacial score (nSPS) is 11.4. The van der Waals surface area contributed by atoms with Gasteiger partial charge in [-0.25, -0.2) is 0 Å². The van der Waals surface area contributed by atoms with Gasteiger partial charge in [-0.15, -0.1) is 0 Å². The SMILES string of the molecule is NC(=O)/C(=C\c1ccncc1)c1ccn[nH]1. The molecule has 80 valence electrons. The molecular formula is C11H10N4O. The molecule has 1 amide bonds. The largest absolute Gasteiger partial charge is 0.366 e. The number of amides is 1. The third-order valence-electron chi connectivity index (χ3n) is 2.07. The first-order chi connectivity index (χ1) is 7.77. The van der Waals surface area contributed by atoms with Gasteiger partial charge in [0.2, 0.25) is 0 Å². The van der Waals surface area contributed by atoms with Crippen LogP contribution >= 0.6 is 0 Å². The van der Waals surface area contributed by atoms with Crippen molar-refractivity contribution in [1.82, 2.24) is 15.2 Å². The second kappa shape index (κ2) is 4.39. The van der Waals surface area contributed by atoms with Crippen molar-refractivity contribution in [3.8, 4) is 0 Å². The van der Waals surface area contributed by atoms with Gasteiger partial charge in [0.1, 0.15) is 0 Å². The molecule has 0 bridgehead atoms. The first kappa shape index (κ1) is 10.1. The average molecular weight is 214 g/mol. The second-order valence-corrected chi connectivity index (χ2v) is 3.17. The summed E-state index contributed by atoms with van der Waals surface area (Å²) in [5, 5.41) is 6.49. The lowest BCUT2D eigenvalue weighted by molar-refractivity contribution is -0.112. The summed E-state index contributed by atoms with van der Waals surface area (Å²) in [5.74, 6) is -0.499. The number of primary amides is 1. The van der Waals surface area contributed by atoms with Gasteiger partial charge in [0, 0.05) is 18.6 Å². The van der Waals surface area contributed by atoms with Gasteiger partial charge in [0.15, 0.2) is 0 Å². The maximum atomic E-state index is 11.3. The van der Waals surface area contributed by atoms with Crippen molar-refractivity contribution < 1.29 is 4.79 Å². The van der Waals surface area contributed by atoms with Crippen LogP contribution in [0.3, 0.4) is 0 Å². The van der Waals surface area contributed by atoms with E-state index in [-0.39, 0.29) is 0 Å². The third kappa shape index (κ3) is 2.14. The van der Waals surface area contributed by atoms with Crippen LogP contribution in [0, 0.1) is 0 Å². The van der Waals surface area contributed by atoms with Crippen LogP contribution in [0.1, 0.15) is 11.3 Å². The molecule has 0 aliphatic rings. The molecule has 0 aliphatic carbocycles. The van der Waals surface area contributed by atoms with Crippen molar-refractivity contribution >= 4 is 17.6 Å². The first-order valence-corrected chi connectivity index (χ1v) is 4.68. The number of nitrogens with two attached hydrogens (primary N) is 1. The molecule has 0 aliphatic heterocycles. The van der Waals surface area contributed by atoms with E-state index < -0.39 is 5.91 Å². The van der Waals surface area contributed by atoms with Crippen LogP contribution < -0.4 is 5.73 Å². The zero-order chi connectivity index (χ0) is 11.4. The molecule has 5 nitrogen and oxygen atoms in total. The fourth-order valence-electron chi connectivity index (χ4n) is 1.31. The van der Waals surface area contributed by atoms with Crippen molar-refractivity contribution in [2.45, 2.75) is 0 Å². The molecule has 2 aromatic heterocycles. The molecule has 0 fully saturated rings. The maximum Gasteiger partial charge on any atom is 0.250 e. The topological polar surface area (TPSA) is 84.7 Å². The average Bonchev–Trinajstić information content (AvgIpc) is 2.80. The van der Waals surface area contributed by atoms with E-state index in [0.29, 0.717) is 11.3 Å². The molecule has 16 heavy (non-hydrogen) atoms. The van der Waals surface area contributed by atoms with E-state index >= 15 is 0 Å². The first-order valence-electron chi connectivity index (χ1n) is 4.68. The van der Waals surface area contributed by atoms with Crippen LogP contribution in [0.2, 0.25) is 0 Å². The molecule has 5 heteroatoms. The Morgan fingerprint density at radius 1 is 1.25 bits per heavy atom. The Bertz CT molecular complexity index is 502. The van der Waals surface area contributed by atoms with E-state index in [4.69, 9.17) is 5.73 Å². The summed E-state index contributed by atoms with van der Waals surface area (Å²) in [6.45, 7) is 0. The quantitative estimate of drug-likeness (QED) is 0.742. The van der Waals surface area contributed by atoms with E-state index in [9.17, 15) is 4.79 Å². The molecule has 2 aromatic rings. The standard InChI is InChI=1S/C11H10N4O/c12-11(16)9(10-3-6-14-15-10)7-8-1-4-13-5-2-8/h1-7H,(H2,12,16)(H,14,15)/b9-7-. The molecule has 0 saturated heterocycles. The van der Waals surface area contributed by atoms with Gasteiger partial charge in [-0.1, -0.05) is 0 Å². The number of aromatic nitrogens is 3. The van der Waals surface area contributed by atoms with Gasteiger partial charge < -0.3 is 5.73 Å². The zero-order valence-electron chi connectivity index (χ0n) is 8.42. The molecule has 0 unspecified atom stereocenters. The predicted octanol–water partition coefficient (Wildman–Crippen LogP) is 0.831. The summed E-state index contributed by atoms with van der Waals surface area (Å²) in [6.07, 6.45) is 6.56. The minimum absolute atomic E-state index is 0.392. The number of carbonyl (C=O) groups is 1. The van der Waals surface area contributed by atoms with Crippen LogP contribution in [0.25, 0.3) is 11.6 Å². The van der Waals surface area contributed by atoms with E-state index in [1.807, 2.05) is 0 Å². The minimum atomic E-state index is -0.499. The minimum Gasteiger partial charge on any atom is -0.366 e. The van der Waals surface area contributed by atoms with Crippen molar-refractivity contribution in [3.05, 3.63) is 48.0 Å². The van der Waals surface area contributed by atoms with E-state index in [1.54, 1.807) is 42.9 Å². The number of hydrogen-bond donors (Lipinski definition) is 2. The van der Waals surface area contributed by atoms with E-state index in [0.717, 1.165) is 5.56 Å². The summed E-state index contributed by atoms with van der Waals surface area (Å²) in [6, 6.07) is 5.27. The Hall–Kier alpha value is -2.43. The fourth-order valence-corrected chi connectivity index (χ4v) is 1.31. The van der Waals surface area contributed by atoms with Crippen LogP contribution in [0.15, 0.2) is 36.8 Å². The molecule has 2 heterocycles. The smallest absolute Gasteiger partial charge is 0.250 e. The molecular weight excluding hydrogens is 204 g/mol. The number of nitrogens with one attached hydrogen (secondary N) is 1. The Labute approximate surface area is 92.0 Å². The monoisotopic (exact) mass is 214 g/mol. The van der Waals surface area contributed by atoms with Gasteiger partial charge in [-0.05, 0) is 29.8 Å². The highest BCUT2D eigenvalue weighted by Crippen LogP contribution is 2.14. The number of H-pyrrole nitrogens is 1. The van der Waals surface area contributed by atoms with Crippen molar-refractivity contribution in [2.75, 3.05) is 0 Å². The molecule has 3 N–H and O–H groups in total. The highest BCUT2D eigenvalue weighted by Gasteiger charge is 2.09. The van der Waals surface area contributed by atoms with Gasteiger partial charge in [-0.2, -0.15) is 5.10 Å². The molecule has 0 aromatic carbocycles. The Kier molecular flexibility index (Phi) is 2.77. The zero-order valence-corrected chi connectivity index (χ0v) is 8.42. The summed E-state index contributed by atoms with van der Waals surface area (Å²) in [4.78, 5) is 15.2. The number of hydrogen-bond acceptors (Lipinski definition) is 3. The maximum absolute atomic E-state index is 11.3. The third-order valence-corrected chi connectivity index (χ3v) is 2.07. The number of nitrogens with zero attached hydrogens (tertiary/aromatic N) is 2. The number of rotatable bonds is 3. The van der Waals surface area contributed by atoms with Crippen LogP contribution in [-0.4, -0.2) is 21.1 Å². The van der Waals surface area contributed by atoms with Gasteiger partial charge >= 0.3 is 0 Å². The lowest BCUT2D eigenvalue weighted by atomic mass is 10.1. The van der Waals surface area contributed by atoms with Crippen molar-refractivity contribution in [3.63, 3.8) is 0 Å². The van der Waals surface area contributed by atoms with Crippen LogP contribution in [-0.2, 0) is 4.79 Å². The van der Waals surface area contributed by atoms with Crippen LogP contribution in [0.4, 0.5) is 0 Å². The van der Waals surface area contributed by atoms with Gasteiger partial charge in [0.25, 0.3) is 5.91 Å². The Balaban J connectivity index is 2.42. The molecule has 0 radical (unpaired) electrons. The number of aromatic amines is 1. The summed E-state index contributed by atoms with van der Waals surface area (Å²) in [7, 11) is 0. The van der Waals surface area contributed by atoms with Crippen molar-refractivity contribution in [2.24, 2.45) is 5.73 Å². The summed E-state index contributed by atoms with van der Waals surface area (Å²) >= 11 is 0. The lowest BCUT2D eigenvalue weighted by Crippen LogP contribution is -2.13. The molecule has 2 rings (SSSR count). The molecule has 0 spiro atoms. The number of pyridine rings is 1. The Morgan fingerprint density at radius 3 is 2.56 bits per heavy atom. The lowest BCUT2D eigenvalue weighted by Gasteiger charge is -2.00. The van der Waals surface area contributed by atoms with Gasteiger partial charge in [-0.3, -0.25) is 14.9 Å². The summed E-state index contributed by atoms with van der Waals surface area (Å²) in [5.41, 5.74) is 7.16. The fraction of sp³-hybridized carbons (Fsp3) is 0. The predicted molar refractivity (Wildman–Crippen MR) is 59.9 cm³/mol. The highest BCUT2D eigenvalue weighted by atomic mass is 16.1. The summed E-state index contributed by atoms with van der Waals surface area (Å²) < 4.78 is 0. The Morgan fingerprint density at radius 2 is 2.00 bits per heavy atom.